The van der Waals surface area contributed by atoms with Crippen LogP contribution in [0.2, 0.25) is 0 Å². The number of fused-ring (bicyclic) bond motifs is 1. The number of ether oxygens (including phenoxy) is 1. The molecule has 3 aromatic rings. The largest absolute Gasteiger partial charge is 0.506 e. The lowest BCUT2D eigenvalue weighted by atomic mass is 10.1. The van der Waals surface area contributed by atoms with Gasteiger partial charge >= 0.3 is 5.97 Å². The maximum absolute atomic E-state index is 12.2. The third kappa shape index (κ3) is 2.98. The number of tetrazole rings is 1. The Morgan fingerprint density at radius 3 is 2.91 bits per heavy atom. The predicted molar refractivity (Wildman–Crippen MR) is 82.8 cm³/mol. The summed E-state index contributed by atoms with van der Waals surface area (Å²) in [5.41, 5.74) is 0.123. The van der Waals surface area contributed by atoms with Crippen molar-refractivity contribution in [1.29, 1.82) is 0 Å². The molecule has 0 unspecified atom stereocenters. The molecule has 0 aliphatic carbocycles. The van der Waals surface area contributed by atoms with Crippen LogP contribution in [0.3, 0.4) is 0 Å². The quantitative estimate of drug-likeness (QED) is 0.727. The van der Waals surface area contributed by atoms with E-state index in [9.17, 15) is 9.90 Å². The first-order valence-corrected chi connectivity index (χ1v) is 7.33. The minimum absolute atomic E-state index is 0.0436. The van der Waals surface area contributed by atoms with Gasteiger partial charge in [-0.05, 0) is 28.3 Å². The molecular weight excluding hydrogens is 296 g/mol. The van der Waals surface area contributed by atoms with Crippen molar-refractivity contribution in [3.05, 3.63) is 47.8 Å². The first-order valence-electron chi connectivity index (χ1n) is 7.33. The van der Waals surface area contributed by atoms with Crippen molar-refractivity contribution in [2.24, 2.45) is 0 Å². The second kappa shape index (κ2) is 6.43. The molecule has 0 atom stereocenters. The number of nitrogens with zero attached hydrogens (tertiary/aromatic N) is 4. The lowest BCUT2D eigenvalue weighted by Gasteiger charge is -2.08. The first-order chi connectivity index (χ1) is 11.2. The van der Waals surface area contributed by atoms with Crippen LogP contribution in [-0.2, 0) is 17.9 Å². The maximum Gasteiger partial charge on any atom is 0.342 e. The molecule has 0 bridgehead atoms. The number of hydrogen-bond donors (Lipinski definition) is 1. The van der Waals surface area contributed by atoms with Crippen molar-refractivity contribution in [3.8, 4) is 5.75 Å². The summed E-state index contributed by atoms with van der Waals surface area (Å²) in [5.74, 6) is -0.221. The Morgan fingerprint density at radius 2 is 2.09 bits per heavy atom. The molecule has 0 saturated carbocycles. The Kier molecular flexibility index (Phi) is 4.18. The van der Waals surface area contributed by atoms with Gasteiger partial charge in [0.25, 0.3) is 0 Å². The Morgan fingerprint density at radius 1 is 1.26 bits per heavy atom. The highest BCUT2D eigenvalue weighted by molar-refractivity contribution is 6.01. The minimum Gasteiger partial charge on any atom is -0.506 e. The van der Waals surface area contributed by atoms with E-state index in [1.165, 1.54) is 0 Å². The van der Waals surface area contributed by atoms with Gasteiger partial charge in [0.1, 0.15) is 11.3 Å². The van der Waals surface area contributed by atoms with Crippen molar-refractivity contribution in [2.75, 3.05) is 0 Å². The van der Waals surface area contributed by atoms with Gasteiger partial charge in [0, 0.05) is 11.9 Å². The van der Waals surface area contributed by atoms with E-state index in [4.69, 9.17) is 4.74 Å². The predicted octanol–water partition coefficient (Wildman–Crippen LogP) is 2.30. The highest BCUT2D eigenvalue weighted by Crippen LogP contribution is 2.29. The lowest BCUT2D eigenvalue weighted by molar-refractivity contribution is 0.0453. The van der Waals surface area contributed by atoms with Crippen molar-refractivity contribution in [1.82, 2.24) is 20.2 Å². The van der Waals surface area contributed by atoms with Crippen LogP contribution in [0.5, 0.6) is 5.75 Å². The summed E-state index contributed by atoms with van der Waals surface area (Å²) in [6.45, 7) is 2.61. The fourth-order valence-corrected chi connectivity index (χ4v) is 2.34. The molecular formula is C16H16N4O3. The van der Waals surface area contributed by atoms with Gasteiger partial charge in [0.05, 0.1) is 0 Å². The third-order valence-corrected chi connectivity index (χ3v) is 3.49. The number of rotatable bonds is 5. The average Bonchev–Trinajstić information content (AvgIpc) is 3.01. The molecule has 0 aliphatic rings. The number of aromatic hydroxyl groups is 1. The first kappa shape index (κ1) is 15.0. The van der Waals surface area contributed by atoms with Crippen LogP contribution in [0.25, 0.3) is 10.8 Å². The van der Waals surface area contributed by atoms with E-state index in [1.54, 1.807) is 28.9 Å². The van der Waals surface area contributed by atoms with E-state index in [1.807, 2.05) is 19.1 Å². The number of carbonyl (C=O) groups excluding carboxylic acids is 1. The van der Waals surface area contributed by atoms with Gasteiger partial charge in [-0.25, -0.2) is 9.48 Å². The van der Waals surface area contributed by atoms with Gasteiger partial charge < -0.3 is 9.84 Å². The smallest absolute Gasteiger partial charge is 0.342 e. The molecule has 1 heterocycles. The summed E-state index contributed by atoms with van der Waals surface area (Å²) >= 11 is 0. The number of hydrogen-bond acceptors (Lipinski definition) is 6. The number of carbonyl (C=O) groups is 1. The van der Waals surface area contributed by atoms with Crippen LogP contribution in [-0.4, -0.2) is 31.3 Å². The van der Waals surface area contributed by atoms with E-state index < -0.39 is 5.97 Å². The molecule has 0 radical (unpaired) electrons. The zero-order chi connectivity index (χ0) is 16.2. The molecule has 1 aromatic heterocycles. The van der Waals surface area contributed by atoms with E-state index in [2.05, 4.69) is 15.5 Å². The standard InChI is InChI=1S/C16H16N4O3/c1-2-9-20-14(17-18-19-20)10-23-16(22)13-8-7-11-5-3-4-6-12(11)15(13)21/h3-8,21H,2,9-10H2,1H3. The highest BCUT2D eigenvalue weighted by Gasteiger charge is 2.16. The molecule has 3 rings (SSSR count). The summed E-state index contributed by atoms with van der Waals surface area (Å²) in [6.07, 6.45) is 0.872. The second-order valence-electron chi connectivity index (χ2n) is 5.08. The van der Waals surface area contributed by atoms with E-state index in [0.29, 0.717) is 17.8 Å². The Balaban J connectivity index is 1.78. The van der Waals surface area contributed by atoms with Gasteiger partial charge in [-0.2, -0.15) is 0 Å². The van der Waals surface area contributed by atoms with Crippen LogP contribution in [0.4, 0.5) is 0 Å². The van der Waals surface area contributed by atoms with Crippen LogP contribution in [0.15, 0.2) is 36.4 Å². The molecule has 0 fully saturated rings. The fourth-order valence-electron chi connectivity index (χ4n) is 2.34. The van der Waals surface area contributed by atoms with Crippen LogP contribution in [0.1, 0.15) is 29.5 Å². The number of benzene rings is 2. The molecule has 2 aromatic carbocycles. The van der Waals surface area contributed by atoms with E-state index in [-0.39, 0.29) is 17.9 Å². The summed E-state index contributed by atoms with van der Waals surface area (Å²) < 4.78 is 6.82. The molecule has 0 saturated heterocycles. The molecule has 23 heavy (non-hydrogen) atoms. The highest BCUT2D eigenvalue weighted by atomic mass is 16.5. The molecule has 0 spiro atoms. The van der Waals surface area contributed by atoms with Gasteiger partial charge in [-0.3, -0.25) is 0 Å². The molecule has 0 amide bonds. The summed E-state index contributed by atoms with van der Waals surface area (Å²) in [5, 5.41) is 23.0. The number of esters is 1. The van der Waals surface area contributed by atoms with Gasteiger partial charge in [-0.1, -0.05) is 37.3 Å². The molecule has 118 valence electrons. The zero-order valence-electron chi connectivity index (χ0n) is 12.6. The van der Waals surface area contributed by atoms with Crippen molar-refractivity contribution >= 4 is 16.7 Å². The zero-order valence-corrected chi connectivity index (χ0v) is 12.6. The SMILES string of the molecule is CCCn1nnnc1COC(=O)c1ccc2ccccc2c1O. The van der Waals surface area contributed by atoms with Crippen LogP contribution >= 0.6 is 0 Å². The number of aromatic nitrogens is 4. The molecule has 1 N–H and O–H groups in total. The molecule has 7 nitrogen and oxygen atoms in total. The monoisotopic (exact) mass is 312 g/mol. The second-order valence-corrected chi connectivity index (χ2v) is 5.08. The van der Waals surface area contributed by atoms with Crippen molar-refractivity contribution in [3.63, 3.8) is 0 Å². The summed E-state index contributed by atoms with van der Waals surface area (Å²) in [6, 6.07) is 10.6. The van der Waals surface area contributed by atoms with E-state index >= 15 is 0 Å². The minimum atomic E-state index is -0.612. The summed E-state index contributed by atoms with van der Waals surface area (Å²) in [4.78, 5) is 12.2. The number of phenolic OH excluding ortho intramolecular Hbond substituents is 1. The number of phenols is 1. The molecule has 7 heteroatoms. The normalized spacial score (nSPS) is 10.8. The van der Waals surface area contributed by atoms with Crippen LogP contribution in [0, 0.1) is 0 Å². The third-order valence-electron chi connectivity index (χ3n) is 3.49. The molecule has 0 aliphatic heterocycles. The summed E-state index contributed by atoms with van der Waals surface area (Å²) in [7, 11) is 0. The van der Waals surface area contributed by atoms with Gasteiger partial charge in [0.2, 0.25) is 0 Å². The number of aryl methyl sites for hydroxylation is 1. The van der Waals surface area contributed by atoms with Gasteiger partial charge in [0.15, 0.2) is 12.4 Å². The Labute approximate surface area is 132 Å². The van der Waals surface area contributed by atoms with Crippen molar-refractivity contribution < 1.29 is 14.6 Å². The Hall–Kier alpha value is -2.96. The van der Waals surface area contributed by atoms with Crippen molar-refractivity contribution in [2.45, 2.75) is 26.5 Å². The van der Waals surface area contributed by atoms with Gasteiger partial charge in [-0.15, -0.1) is 5.10 Å². The lowest BCUT2D eigenvalue weighted by Crippen LogP contribution is -2.11. The maximum atomic E-state index is 12.2. The average molecular weight is 312 g/mol. The van der Waals surface area contributed by atoms with Crippen LogP contribution < -0.4 is 0 Å². The fraction of sp³-hybridized carbons (Fsp3) is 0.250. The Bertz CT molecular complexity index is 844. The topological polar surface area (TPSA) is 90.1 Å². The van der Waals surface area contributed by atoms with E-state index in [0.717, 1.165) is 11.8 Å².